The Bertz CT molecular complexity index is 1470. The zero-order valence-corrected chi connectivity index (χ0v) is 19.1. The molecule has 8 heteroatoms. The van der Waals surface area contributed by atoms with Gasteiger partial charge in [0.1, 0.15) is 23.0 Å². The van der Waals surface area contributed by atoms with Crippen molar-refractivity contribution in [2.75, 3.05) is 7.11 Å². The van der Waals surface area contributed by atoms with Crippen molar-refractivity contribution in [2.24, 2.45) is 0 Å². The third-order valence-electron chi connectivity index (χ3n) is 5.55. The second kappa shape index (κ2) is 9.03. The van der Waals surface area contributed by atoms with E-state index in [1.54, 1.807) is 30.0 Å². The monoisotopic (exact) mass is 472 g/mol. The number of carbonyl (C=O) groups is 1. The van der Waals surface area contributed by atoms with Crippen LogP contribution in [0, 0.1) is 0 Å². The Kier molecular flexibility index (Phi) is 5.77. The first kappa shape index (κ1) is 21.7. The zero-order valence-electron chi connectivity index (χ0n) is 18.3. The number of methoxy groups -OCH3 is 1. The largest absolute Gasteiger partial charge is 0.504 e. The lowest BCUT2D eigenvalue weighted by Gasteiger charge is -2.08. The van der Waals surface area contributed by atoms with Crippen molar-refractivity contribution in [3.05, 3.63) is 94.9 Å². The van der Waals surface area contributed by atoms with Crippen LogP contribution >= 0.6 is 11.6 Å². The van der Waals surface area contributed by atoms with Gasteiger partial charge in [-0.2, -0.15) is 5.10 Å². The van der Waals surface area contributed by atoms with Crippen LogP contribution in [0.2, 0.25) is 5.02 Å². The van der Waals surface area contributed by atoms with E-state index in [1.807, 2.05) is 54.6 Å². The van der Waals surface area contributed by atoms with Gasteiger partial charge in [0.05, 0.1) is 31.1 Å². The highest BCUT2D eigenvalue weighted by atomic mass is 35.5. The van der Waals surface area contributed by atoms with Crippen LogP contribution in [-0.2, 0) is 13.0 Å². The first-order chi connectivity index (χ1) is 16.5. The third-order valence-corrected chi connectivity index (χ3v) is 5.79. The summed E-state index contributed by atoms with van der Waals surface area (Å²) in [4.78, 5) is 21.0. The minimum absolute atomic E-state index is 0.0254. The number of hydrogen-bond donors (Lipinski definition) is 2. The number of imidazole rings is 1. The third kappa shape index (κ3) is 4.25. The van der Waals surface area contributed by atoms with Gasteiger partial charge in [-0.1, -0.05) is 54.1 Å². The topological polar surface area (TPSA) is 93.0 Å². The van der Waals surface area contributed by atoms with Gasteiger partial charge in [-0.15, -0.1) is 0 Å². The minimum Gasteiger partial charge on any atom is -0.504 e. The van der Waals surface area contributed by atoms with E-state index in [0.717, 1.165) is 22.4 Å². The van der Waals surface area contributed by atoms with Gasteiger partial charge >= 0.3 is 0 Å². The minimum atomic E-state index is -0.300. The molecule has 0 saturated heterocycles. The highest BCUT2D eigenvalue weighted by Gasteiger charge is 2.25. The van der Waals surface area contributed by atoms with Crippen LogP contribution in [-0.4, -0.2) is 37.7 Å². The van der Waals surface area contributed by atoms with E-state index in [0.29, 0.717) is 28.6 Å². The van der Waals surface area contributed by atoms with Crippen LogP contribution in [0.15, 0.2) is 72.8 Å². The van der Waals surface area contributed by atoms with Gasteiger partial charge in [0.2, 0.25) is 0 Å². The SMILES string of the molecule is COc1ccc(Cn2nc(-c3ccccc3)c(O)c2C(=O)Cc2nc3ccc(Cl)cc3[nH]2)cc1. The van der Waals surface area contributed by atoms with E-state index in [1.165, 1.54) is 0 Å². The standard InChI is InChI=1S/C26H21ClN4O3/c1-34-19-10-7-16(8-11-19)15-31-25(26(33)24(30-31)17-5-3-2-4-6-17)22(32)14-23-28-20-12-9-18(27)13-21(20)29-23/h2-13,33H,14-15H2,1H3,(H,28,29). The summed E-state index contributed by atoms with van der Waals surface area (Å²) in [6.45, 7) is 0.307. The molecule has 2 N–H and O–H groups in total. The van der Waals surface area contributed by atoms with Gasteiger partial charge in [0, 0.05) is 10.6 Å². The molecule has 0 aliphatic carbocycles. The summed E-state index contributed by atoms with van der Waals surface area (Å²) in [6.07, 6.45) is -0.0254. The number of H-pyrrole nitrogens is 1. The van der Waals surface area contributed by atoms with Gasteiger partial charge in [-0.3, -0.25) is 9.48 Å². The number of benzene rings is 3. The molecule has 0 amide bonds. The Hall–Kier alpha value is -4.10. The van der Waals surface area contributed by atoms with Gasteiger partial charge in [0.15, 0.2) is 11.5 Å². The van der Waals surface area contributed by atoms with Crippen molar-refractivity contribution in [3.63, 3.8) is 0 Å². The van der Waals surface area contributed by atoms with Gasteiger partial charge in [-0.25, -0.2) is 4.98 Å². The molecule has 5 aromatic rings. The highest BCUT2D eigenvalue weighted by Crippen LogP contribution is 2.33. The molecule has 0 spiro atoms. The van der Waals surface area contributed by atoms with E-state index in [2.05, 4.69) is 15.1 Å². The molecule has 2 heterocycles. The number of aromatic hydroxyl groups is 1. The molecule has 170 valence electrons. The van der Waals surface area contributed by atoms with Gasteiger partial charge in [-0.05, 0) is 35.9 Å². The Morgan fingerprint density at radius 2 is 1.85 bits per heavy atom. The molecule has 3 aromatic carbocycles. The zero-order chi connectivity index (χ0) is 23.7. The van der Waals surface area contributed by atoms with Crippen molar-refractivity contribution >= 4 is 28.4 Å². The molecule has 2 aromatic heterocycles. The Morgan fingerprint density at radius 3 is 2.59 bits per heavy atom. The van der Waals surface area contributed by atoms with Crippen LogP contribution in [0.25, 0.3) is 22.3 Å². The van der Waals surface area contributed by atoms with Gasteiger partial charge < -0.3 is 14.8 Å². The van der Waals surface area contributed by atoms with Crippen LogP contribution in [0.5, 0.6) is 11.5 Å². The average molecular weight is 473 g/mol. The second-order valence-corrected chi connectivity index (χ2v) is 8.30. The van der Waals surface area contributed by atoms with Crippen molar-refractivity contribution in [1.82, 2.24) is 19.7 Å². The number of carbonyl (C=O) groups excluding carboxylic acids is 1. The van der Waals surface area contributed by atoms with Crippen LogP contribution in [0.1, 0.15) is 21.9 Å². The Balaban J connectivity index is 1.52. The fourth-order valence-corrected chi connectivity index (χ4v) is 4.06. The molecule has 5 rings (SSSR count). The summed E-state index contributed by atoms with van der Waals surface area (Å²) < 4.78 is 6.77. The molecule has 0 fully saturated rings. The predicted octanol–water partition coefficient (Wildman–Crippen LogP) is 5.27. The van der Waals surface area contributed by atoms with E-state index in [-0.39, 0.29) is 23.6 Å². The maximum atomic E-state index is 13.4. The molecule has 0 bridgehead atoms. The number of halogens is 1. The first-order valence-electron chi connectivity index (χ1n) is 10.7. The Labute approximate surface area is 200 Å². The number of hydrogen-bond acceptors (Lipinski definition) is 5. The van der Waals surface area contributed by atoms with Crippen molar-refractivity contribution in [1.29, 1.82) is 0 Å². The van der Waals surface area contributed by atoms with E-state index in [4.69, 9.17) is 16.3 Å². The summed E-state index contributed by atoms with van der Waals surface area (Å²) in [5.41, 5.74) is 3.59. The first-order valence-corrected chi connectivity index (χ1v) is 11.0. The lowest BCUT2D eigenvalue weighted by Crippen LogP contribution is -2.14. The lowest BCUT2D eigenvalue weighted by atomic mass is 10.1. The molecular formula is C26H21ClN4O3. The summed E-state index contributed by atoms with van der Waals surface area (Å²) in [6, 6.07) is 22.1. The lowest BCUT2D eigenvalue weighted by molar-refractivity contribution is 0.0978. The summed E-state index contributed by atoms with van der Waals surface area (Å²) in [5, 5.41) is 16.3. The van der Waals surface area contributed by atoms with Crippen molar-refractivity contribution in [2.45, 2.75) is 13.0 Å². The van der Waals surface area contributed by atoms with E-state index >= 15 is 0 Å². The average Bonchev–Trinajstić information content (AvgIpc) is 3.39. The molecule has 7 nitrogen and oxygen atoms in total. The van der Waals surface area contributed by atoms with Crippen LogP contribution < -0.4 is 4.74 Å². The molecule has 0 atom stereocenters. The number of ether oxygens (including phenoxy) is 1. The summed E-state index contributed by atoms with van der Waals surface area (Å²) in [7, 11) is 1.61. The van der Waals surface area contributed by atoms with E-state index < -0.39 is 0 Å². The number of nitrogens with zero attached hydrogens (tertiary/aromatic N) is 3. The molecule has 0 unspecified atom stereocenters. The van der Waals surface area contributed by atoms with Crippen LogP contribution in [0.3, 0.4) is 0 Å². The fourth-order valence-electron chi connectivity index (χ4n) is 3.89. The predicted molar refractivity (Wildman–Crippen MR) is 131 cm³/mol. The molecular weight excluding hydrogens is 452 g/mol. The highest BCUT2D eigenvalue weighted by molar-refractivity contribution is 6.31. The summed E-state index contributed by atoms with van der Waals surface area (Å²) in [5.74, 6) is 0.771. The van der Waals surface area contributed by atoms with Crippen molar-refractivity contribution < 1.29 is 14.6 Å². The Morgan fingerprint density at radius 1 is 1.09 bits per heavy atom. The summed E-state index contributed by atoms with van der Waals surface area (Å²) >= 11 is 6.06. The van der Waals surface area contributed by atoms with Gasteiger partial charge in [0.25, 0.3) is 0 Å². The molecule has 0 radical (unpaired) electrons. The number of fused-ring (bicyclic) bond motifs is 1. The van der Waals surface area contributed by atoms with Crippen molar-refractivity contribution in [3.8, 4) is 22.8 Å². The maximum absolute atomic E-state index is 13.4. The smallest absolute Gasteiger partial charge is 0.192 e. The molecule has 0 aliphatic rings. The quantitative estimate of drug-likeness (QED) is 0.315. The molecule has 34 heavy (non-hydrogen) atoms. The number of rotatable bonds is 7. The maximum Gasteiger partial charge on any atom is 0.192 e. The van der Waals surface area contributed by atoms with Crippen LogP contribution in [0.4, 0.5) is 0 Å². The second-order valence-electron chi connectivity index (χ2n) is 7.86. The number of nitrogens with one attached hydrogen (secondary N) is 1. The number of Topliss-reactive ketones (excluding diaryl/α,β-unsaturated/α-hetero) is 1. The number of aromatic amines is 1. The van der Waals surface area contributed by atoms with E-state index in [9.17, 15) is 9.90 Å². The number of aromatic nitrogens is 4. The fraction of sp³-hybridized carbons (Fsp3) is 0.115. The molecule has 0 saturated carbocycles. The normalized spacial score (nSPS) is 11.1. The number of ketones is 1. The molecule has 0 aliphatic heterocycles.